The molecule has 0 unspecified atom stereocenters. The van der Waals surface area contributed by atoms with Crippen LogP contribution in [0.3, 0.4) is 0 Å². The van der Waals surface area contributed by atoms with Gasteiger partial charge in [-0.05, 0) is 12.5 Å². The van der Waals surface area contributed by atoms with Gasteiger partial charge in [0.25, 0.3) is 0 Å². The number of nitrogens with zero attached hydrogens (tertiary/aromatic N) is 1. The van der Waals surface area contributed by atoms with E-state index in [4.69, 9.17) is 4.74 Å². The zero-order chi connectivity index (χ0) is 11.6. The Kier molecular flexibility index (Phi) is 2.20. The summed E-state index contributed by atoms with van der Waals surface area (Å²) in [6.07, 6.45) is 1.82. The summed E-state index contributed by atoms with van der Waals surface area (Å²) in [6.45, 7) is 1.98. The van der Waals surface area contributed by atoms with Gasteiger partial charge >= 0.3 is 0 Å². The largest absolute Gasteiger partial charge is 0.368 e. The highest BCUT2D eigenvalue weighted by atomic mass is 127. The minimum Gasteiger partial charge on any atom is -0.368 e. The Bertz CT molecular complexity index is 419. The van der Waals surface area contributed by atoms with Crippen LogP contribution in [0.1, 0.15) is 6.92 Å². The van der Waals surface area contributed by atoms with E-state index < -0.39 is 0 Å². The Hall–Kier alpha value is -0.430. The fourth-order valence-corrected chi connectivity index (χ4v) is 4.15. The number of likely N-dealkylation sites (tertiary alicyclic amines) is 1. The fourth-order valence-electron chi connectivity index (χ4n) is 2.97. The SMILES string of the molecule is CC1=C[C@H](I)[C@@H]2O[C@H]1[C@H]1C(=O)N(C)C(=O)[C@@H]21. The van der Waals surface area contributed by atoms with Gasteiger partial charge in [0, 0.05) is 7.05 Å². The molecule has 3 aliphatic rings. The van der Waals surface area contributed by atoms with Gasteiger partial charge in [0.1, 0.15) is 0 Å². The Labute approximate surface area is 107 Å². The summed E-state index contributed by atoms with van der Waals surface area (Å²) in [6, 6.07) is 0. The molecular weight excluding hydrogens is 321 g/mol. The first-order valence-corrected chi connectivity index (χ1v) is 6.56. The van der Waals surface area contributed by atoms with Gasteiger partial charge in [-0.25, -0.2) is 0 Å². The second kappa shape index (κ2) is 3.29. The van der Waals surface area contributed by atoms with Crippen LogP contribution in [0.15, 0.2) is 11.6 Å². The Balaban J connectivity index is 2.08. The van der Waals surface area contributed by atoms with E-state index in [1.165, 1.54) is 4.90 Å². The maximum Gasteiger partial charge on any atom is 0.235 e. The van der Waals surface area contributed by atoms with E-state index >= 15 is 0 Å². The molecule has 5 heteroatoms. The first-order chi connectivity index (χ1) is 7.52. The maximum absolute atomic E-state index is 12.0. The van der Waals surface area contributed by atoms with Crippen LogP contribution in [0, 0.1) is 11.8 Å². The van der Waals surface area contributed by atoms with E-state index in [9.17, 15) is 9.59 Å². The number of carbonyl (C=O) groups is 2. The van der Waals surface area contributed by atoms with Crippen molar-refractivity contribution < 1.29 is 14.3 Å². The number of rotatable bonds is 0. The molecule has 0 aromatic heterocycles. The summed E-state index contributed by atoms with van der Waals surface area (Å²) >= 11 is 2.28. The highest BCUT2D eigenvalue weighted by molar-refractivity contribution is 14.1. The summed E-state index contributed by atoms with van der Waals surface area (Å²) in [7, 11) is 1.57. The third-order valence-electron chi connectivity index (χ3n) is 3.79. The van der Waals surface area contributed by atoms with Gasteiger partial charge in [0.05, 0.1) is 28.0 Å². The number of hydrogen-bond donors (Lipinski definition) is 0. The predicted molar refractivity (Wildman–Crippen MR) is 65.0 cm³/mol. The van der Waals surface area contributed by atoms with Crippen molar-refractivity contribution in [3.8, 4) is 0 Å². The van der Waals surface area contributed by atoms with Crippen molar-refractivity contribution in [2.45, 2.75) is 23.1 Å². The van der Waals surface area contributed by atoms with Crippen molar-refractivity contribution in [2.75, 3.05) is 7.05 Å². The monoisotopic (exact) mass is 333 g/mol. The van der Waals surface area contributed by atoms with E-state index in [1.807, 2.05) is 6.92 Å². The van der Waals surface area contributed by atoms with Crippen molar-refractivity contribution in [1.29, 1.82) is 0 Å². The third kappa shape index (κ3) is 1.13. The minimum absolute atomic E-state index is 0.0766. The first kappa shape index (κ1) is 10.7. The van der Waals surface area contributed by atoms with Crippen molar-refractivity contribution in [3.63, 3.8) is 0 Å². The predicted octanol–water partition coefficient (Wildman–Crippen LogP) is 0.748. The molecule has 0 aromatic rings. The van der Waals surface area contributed by atoms with Gasteiger partial charge in [-0.2, -0.15) is 0 Å². The van der Waals surface area contributed by atoms with E-state index in [1.54, 1.807) is 7.05 Å². The molecule has 3 rings (SSSR count). The van der Waals surface area contributed by atoms with Crippen molar-refractivity contribution in [3.05, 3.63) is 11.6 Å². The molecule has 0 aliphatic carbocycles. The third-order valence-corrected chi connectivity index (χ3v) is 4.86. The molecule has 0 N–H and O–H groups in total. The molecule has 2 amide bonds. The number of ether oxygens (including phenoxy) is 1. The summed E-state index contributed by atoms with van der Waals surface area (Å²) in [5.41, 5.74) is 1.08. The molecule has 16 heavy (non-hydrogen) atoms. The summed E-state index contributed by atoms with van der Waals surface area (Å²) in [5.74, 6) is -0.704. The van der Waals surface area contributed by atoms with Crippen LogP contribution < -0.4 is 0 Å². The van der Waals surface area contributed by atoms with Crippen LogP contribution in [0.2, 0.25) is 0 Å². The average molecular weight is 333 g/mol. The quantitative estimate of drug-likeness (QED) is 0.284. The molecule has 2 bridgehead atoms. The maximum atomic E-state index is 12.0. The molecule has 0 spiro atoms. The normalized spacial score (nSPS) is 46.1. The second-order valence-electron chi connectivity index (χ2n) is 4.66. The molecule has 0 radical (unpaired) electrons. The number of halogens is 1. The zero-order valence-corrected chi connectivity index (χ0v) is 11.2. The van der Waals surface area contributed by atoms with E-state index in [-0.39, 0.29) is 39.8 Å². The smallest absolute Gasteiger partial charge is 0.235 e. The van der Waals surface area contributed by atoms with E-state index in [0.717, 1.165) is 5.57 Å². The highest BCUT2D eigenvalue weighted by Gasteiger charge is 2.61. The molecule has 5 atom stereocenters. The fraction of sp³-hybridized carbons (Fsp3) is 0.636. The van der Waals surface area contributed by atoms with Crippen LogP contribution in [0.4, 0.5) is 0 Å². The van der Waals surface area contributed by atoms with Crippen molar-refractivity contribution in [1.82, 2.24) is 4.90 Å². The van der Waals surface area contributed by atoms with Crippen LogP contribution in [0.25, 0.3) is 0 Å². The molecule has 3 aliphatic heterocycles. The molecule has 4 nitrogen and oxygen atoms in total. The molecule has 3 heterocycles. The molecule has 0 saturated carbocycles. The van der Waals surface area contributed by atoms with E-state index in [0.29, 0.717) is 0 Å². The summed E-state index contributed by atoms with van der Waals surface area (Å²) in [5, 5.41) is 0. The van der Waals surface area contributed by atoms with Gasteiger partial charge in [0.2, 0.25) is 11.8 Å². The van der Waals surface area contributed by atoms with Crippen LogP contribution in [0.5, 0.6) is 0 Å². The van der Waals surface area contributed by atoms with Gasteiger partial charge in [0.15, 0.2) is 0 Å². The van der Waals surface area contributed by atoms with Gasteiger partial charge in [-0.3, -0.25) is 14.5 Å². The lowest BCUT2D eigenvalue weighted by atomic mass is 9.89. The number of amides is 2. The number of hydrogen-bond acceptors (Lipinski definition) is 3. The van der Waals surface area contributed by atoms with Gasteiger partial charge in [-0.1, -0.05) is 28.7 Å². The lowest BCUT2D eigenvalue weighted by Gasteiger charge is -2.27. The summed E-state index contributed by atoms with van der Waals surface area (Å²) < 4.78 is 6.02. The Morgan fingerprint density at radius 2 is 1.94 bits per heavy atom. The molecule has 2 saturated heterocycles. The lowest BCUT2D eigenvalue weighted by molar-refractivity contribution is -0.141. The Morgan fingerprint density at radius 3 is 2.62 bits per heavy atom. The zero-order valence-electron chi connectivity index (χ0n) is 9.01. The number of alkyl halides is 1. The lowest BCUT2D eigenvalue weighted by Crippen LogP contribution is -2.37. The highest BCUT2D eigenvalue weighted by Crippen LogP contribution is 2.48. The molecule has 2 fully saturated rings. The minimum atomic E-state index is -0.279. The van der Waals surface area contributed by atoms with Crippen molar-refractivity contribution >= 4 is 34.4 Å². The molecular formula is C11H12INO3. The first-order valence-electron chi connectivity index (χ1n) is 5.31. The van der Waals surface area contributed by atoms with Crippen LogP contribution >= 0.6 is 22.6 Å². The summed E-state index contributed by atoms with van der Waals surface area (Å²) in [4.78, 5) is 25.2. The number of fused-ring (bicyclic) bond motifs is 5. The number of carbonyl (C=O) groups excluding carboxylic acids is 2. The molecule has 0 aromatic carbocycles. The number of imide groups is 1. The van der Waals surface area contributed by atoms with Gasteiger partial charge in [-0.15, -0.1) is 0 Å². The molecule has 86 valence electrons. The second-order valence-corrected chi connectivity index (χ2v) is 6.10. The van der Waals surface area contributed by atoms with Crippen molar-refractivity contribution in [2.24, 2.45) is 11.8 Å². The topological polar surface area (TPSA) is 46.6 Å². The van der Waals surface area contributed by atoms with E-state index in [2.05, 4.69) is 28.7 Å². The average Bonchev–Trinajstić information content (AvgIpc) is 2.69. The van der Waals surface area contributed by atoms with Crippen LogP contribution in [-0.2, 0) is 14.3 Å². The van der Waals surface area contributed by atoms with Gasteiger partial charge < -0.3 is 4.74 Å². The Morgan fingerprint density at radius 1 is 1.31 bits per heavy atom. The van der Waals surface area contributed by atoms with Crippen LogP contribution in [-0.4, -0.2) is 39.9 Å². The standard InChI is InChI=1S/C11H12INO3/c1-4-3-5(12)9-7-6(8(4)16-9)10(14)13(2)11(7)15/h3,5-9H,1-2H3/t5-,6-,7+,8+,9-/m0/s1.